The van der Waals surface area contributed by atoms with Crippen LogP contribution in [0, 0.1) is 6.92 Å². The van der Waals surface area contributed by atoms with Crippen molar-refractivity contribution in [3.05, 3.63) is 58.1 Å². The van der Waals surface area contributed by atoms with Crippen molar-refractivity contribution in [2.75, 3.05) is 26.0 Å². The zero-order valence-corrected chi connectivity index (χ0v) is 16.1. The van der Waals surface area contributed by atoms with Crippen molar-refractivity contribution < 1.29 is 9.53 Å². The fourth-order valence-corrected chi connectivity index (χ4v) is 2.95. The highest BCUT2D eigenvalue weighted by Gasteiger charge is 2.16. The summed E-state index contributed by atoms with van der Waals surface area (Å²) >= 11 is 3.43. The molecule has 1 atom stereocenters. The molecule has 0 aliphatic rings. The van der Waals surface area contributed by atoms with E-state index in [1.54, 1.807) is 7.11 Å². The Bertz CT molecular complexity index is 718. The summed E-state index contributed by atoms with van der Waals surface area (Å²) in [6.45, 7) is 4.36. The Morgan fingerprint density at radius 2 is 2.04 bits per heavy atom. The Balaban J connectivity index is 1.99. The van der Waals surface area contributed by atoms with Gasteiger partial charge in [0, 0.05) is 16.2 Å². The lowest BCUT2D eigenvalue weighted by Crippen LogP contribution is -2.32. The van der Waals surface area contributed by atoms with Crippen LogP contribution >= 0.6 is 15.9 Å². The smallest absolute Gasteiger partial charge is 0.238 e. The van der Waals surface area contributed by atoms with Gasteiger partial charge in [-0.3, -0.25) is 9.69 Å². The number of halogens is 1. The van der Waals surface area contributed by atoms with Crippen LogP contribution in [0.25, 0.3) is 0 Å². The largest absolute Gasteiger partial charge is 0.497 e. The lowest BCUT2D eigenvalue weighted by atomic mass is 10.1. The molecule has 0 aliphatic heterocycles. The Morgan fingerprint density at radius 1 is 1.29 bits per heavy atom. The first-order chi connectivity index (χ1) is 11.4. The number of methoxy groups -OCH3 is 1. The van der Waals surface area contributed by atoms with Crippen molar-refractivity contribution in [3.8, 4) is 5.75 Å². The van der Waals surface area contributed by atoms with Gasteiger partial charge in [-0.15, -0.1) is 0 Å². The molecule has 2 aromatic carbocycles. The SMILES string of the molecule is COc1cccc([C@H](C)N(C)CC(=O)Nc2ccc(Br)cc2C)c1. The van der Waals surface area contributed by atoms with Crippen LogP contribution < -0.4 is 10.1 Å². The number of ether oxygens (including phenoxy) is 1. The van der Waals surface area contributed by atoms with E-state index in [9.17, 15) is 4.79 Å². The molecule has 0 bridgehead atoms. The molecule has 2 rings (SSSR count). The number of likely N-dealkylation sites (N-methyl/N-ethyl adjacent to an activating group) is 1. The van der Waals surface area contributed by atoms with Gasteiger partial charge in [0.05, 0.1) is 13.7 Å². The van der Waals surface area contributed by atoms with Crippen molar-refractivity contribution in [2.24, 2.45) is 0 Å². The zero-order valence-electron chi connectivity index (χ0n) is 14.5. The van der Waals surface area contributed by atoms with E-state index in [-0.39, 0.29) is 11.9 Å². The van der Waals surface area contributed by atoms with Gasteiger partial charge >= 0.3 is 0 Å². The average Bonchev–Trinajstić information content (AvgIpc) is 2.56. The minimum Gasteiger partial charge on any atom is -0.497 e. The zero-order chi connectivity index (χ0) is 17.7. The third kappa shape index (κ3) is 4.82. The quantitative estimate of drug-likeness (QED) is 0.794. The van der Waals surface area contributed by atoms with Crippen molar-refractivity contribution >= 4 is 27.5 Å². The molecule has 4 nitrogen and oxygen atoms in total. The first-order valence-corrected chi connectivity index (χ1v) is 8.60. The molecule has 24 heavy (non-hydrogen) atoms. The van der Waals surface area contributed by atoms with Gasteiger partial charge < -0.3 is 10.1 Å². The molecule has 0 aliphatic carbocycles. The molecular formula is C19H23BrN2O2. The fourth-order valence-electron chi connectivity index (χ4n) is 2.48. The number of hydrogen-bond donors (Lipinski definition) is 1. The maximum Gasteiger partial charge on any atom is 0.238 e. The molecule has 0 saturated carbocycles. The second kappa shape index (κ2) is 8.31. The predicted octanol–water partition coefficient (Wildman–Crippen LogP) is 4.40. The van der Waals surface area contributed by atoms with Gasteiger partial charge in [0.1, 0.15) is 5.75 Å². The summed E-state index contributed by atoms with van der Waals surface area (Å²) in [5.74, 6) is 0.792. The standard InChI is InChI=1S/C19H23BrN2O2/c1-13-10-16(20)8-9-18(13)21-19(23)12-22(3)14(2)15-6-5-7-17(11-15)24-4/h5-11,14H,12H2,1-4H3,(H,21,23)/t14-/m0/s1. The monoisotopic (exact) mass is 390 g/mol. The van der Waals surface area contributed by atoms with Crippen LogP contribution in [-0.2, 0) is 4.79 Å². The second-order valence-corrected chi connectivity index (χ2v) is 6.79. The Morgan fingerprint density at radius 3 is 2.71 bits per heavy atom. The molecule has 0 saturated heterocycles. The van der Waals surface area contributed by atoms with Crippen LogP contribution in [0.2, 0.25) is 0 Å². The normalized spacial score (nSPS) is 12.1. The van der Waals surface area contributed by atoms with E-state index in [0.717, 1.165) is 27.0 Å². The second-order valence-electron chi connectivity index (χ2n) is 5.88. The van der Waals surface area contributed by atoms with E-state index >= 15 is 0 Å². The Hall–Kier alpha value is -1.85. The van der Waals surface area contributed by atoms with Crippen LogP contribution in [0.15, 0.2) is 46.9 Å². The lowest BCUT2D eigenvalue weighted by molar-refractivity contribution is -0.117. The van der Waals surface area contributed by atoms with Crippen molar-refractivity contribution in [2.45, 2.75) is 19.9 Å². The summed E-state index contributed by atoms with van der Waals surface area (Å²) in [7, 11) is 3.60. The number of benzene rings is 2. The van der Waals surface area contributed by atoms with E-state index < -0.39 is 0 Å². The van der Waals surface area contributed by atoms with Gasteiger partial charge in [-0.2, -0.15) is 0 Å². The summed E-state index contributed by atoms with van der Waals surface area (Å²) in [4.78, 5) is 14.3. The fraction of sp³-hybridized carbons (Fsp3) is 0.316. The number of hydrogen-bond acceptors (Lipinski definition) is 3. The average molecular weight is 391 g/mol. The minimum atomic E-state index is -0.0299. The van der Waals surface area contributed by atoms with Gasteiger partial charge in [-0.05, 0) is 62.4 Å². The van der Waals surface area contributed by atoms with Crippen LogP contribution in [-0.4, -0.2) is 31.5 Å². The van der Waals surface area contributed by atoms with Crippen LogP contribution in [0.5, 0.6) is 5.75 Å². The maximum atomic E-state index is 12.3. The van der Waals surface area contributed by atoms with E-state index in [4.69, 9.17) is 4.74 Å². The third-order valence-electron chi connectivity index (χ3n) is 4.09. The summed E-state index contributed by atoms with van der Waals surface area (Å²) in [6.07, 6.45) is 0. The molecule has 0 radical (unpaired) electrons. The van der Waals surface area contributed by atoms with E-state index in [1.807, 2.05) is 61.3 Å². The third-order valence-corrected chi connectivity index (χ3v) is 4.59. The molecule has 1 amide bonds. The highest BCUT2D eigenvalue weighted by atomic mass is 79.9. The van der Waals surface area contributed by atoms with Crippen LogP contribution in [0.3, 0.4) is 0 Å². The van der Waals surface area contributed by atoms with E-state index in [0.29, 0.717) is 6.54 Å². The molecule has 0 aromatic heterocycles. The van der Waals surface area contributed by atoms with Gasteiger partial charge in [-0.25, -0.2) is 0 Å². The van der Waals surface area contributed by atoms with E-state index in [1.165, 1.54) is 0 Å². The molecule has 0 unspecified atom stereocenters. The van der Waals surface area contributed by atoms with Crippen molar-refractivity contribution in [1.82, 2.24) is 4.90 Å². The molecule has 0 heterocycles. The summed E-state index contributed by atoms with van der Waals surface area (Å²) in [6, 6.07) is 13.8. The van der Waals surface area contributed by atoms with Gasteiger partial charge in [0.25, 0.3) is 0 Å². The molecule has 128 valence electrons. The summed E-state index contributed by atoms with van der Waals surface area (Å²) < 4.78 is 6.27. The topological polar surface area (TPSA) is 41.6 Å². The molecule has 0 spiro atoms. The van der Waals surface area contributed by atoms with Crippen LogP contribution in [0.1, 0.15) is 24.1 Å². The number of carbonyl (C=O) groups excluding carboxylic acids is 1. The Labute approximate surface area is 151 Å². The summed E-state index contributed by atoms with van der Waals surface area (Å²) in [5, 5.41) is 2.97. The van der Waals surface area contributed by atoms with Crippen molar-refractivity contribution in [1.29, 1.82) is 0 Å². The number of anilines is 1. The predicted molar refractivity (Wildman–Crippen MR) is 102 cm³/mol. The number of aryl methyl sites for hydroxylation is 1. The first-order valence-electron chi connectivity index (χ1n) is 7.81. The molecule has 2 aromatic rings. The first kappa shape index (κ1) is 18.5. The van der Waals surface area contributed by atoms with Gasteiger partial charge in [0.2, 0.25) is 5.91 Å². The molecule has 1 N–H and O–H groups in total. The summed E-state index contributed by atoms with van der Waals surface area (Å²) in [5.41, 5.74) is 2.98. The van der Waals surface area contributed by atoms with E-state index in [2.05, 4.69) is 28.2 Å². The maximum absolute atomic E-state index is 12.3. The number of nitrogens with zero attached hydrogens (tertiary/aromatic N) is 1. The number of rotatable bonds is 6. The van der Waals surface area contributed by atoms with Crippen molar-refractivity contribution in [3.63, 3.8) is 0 Å². The number of amides is 1. The number of nitrogens with one attached hydrogen (secondary N) is 1. The molecular weight excluding hydrogens is 368 g/mol. The van der Waals surface area contributed by atoms with Crippen LogP contribution in [0.4, 0.5) is 5.69 Å². The highest BCUT2D eigenvalue weighted by molar-refractivity contribution is 9.10. The molecule has 5 heteroatoms. The van der Waals surface area contributed by atoms with Gasteiger partial charge in [0.15, 0.2) is 0 Å². The highest BCUT2D eigenvalue weighted by Crippen LogP contribution is 2.23. The lowest BCUT2D eigenvalue weighted by Gasteiger charge is -2.25. The van der Waals surface area contributed by atoms with Gasteiger partial charge in [-0.1, -0.05) is 28.1 Å². The molecule has 0 fully saturated rings. The Kier molecular flexibility index (Phi) is 6.40. The number of carbonyl (C=O) groups is 1. The minimum absolute atomic E-state index is 0.0299.